The molecule has 0 unspecified atom stereocenters. The normalized spacial score (nSPS) is 13.5. The molecular formula is C43H31N3. The molecule has 2 aliphatic carbocycles. The van der Waals surface area contributed by atoms with Crippen molar-refractivity contribution in [2.24, 2.45) is 0 Å². The van der Waals surface area contributed by atoms with Crippen molar-refractivity contribution in [3.63, 3.8) is 0 Å². The van der Waals surface area contributed by atoms with Crippen LogP contribution in [0.2, 0.25) is 0 Å². The Bertz CT molecular complexity index is 2230. The molecular weight excluding hydrogens is 558 g/mol. The highest BCUT2D eigenvalue weighted by atomic mass is 15.0. The van der Waals surface area contributed by atoms with Gasteiger partial charge in [-0.05, 0) is 62.1 Å². The van der Waals surface area contributed by atoms with Gasteiger partial charge in [0.05, 0.1) is 0 Å². The highest BCUT2D eigenvalue weighted by Gasteiger charge is 2.40. The zero-order valence-corrected chi connectivity index (χ0v) is 25.8. The maximum Gasteiger partial charge on any atom is 0.164 e. The molecule has 3 nitrogen and oxygen atoms in total. The van der Waals surface area contributed by atoms with E-state index in [2.05, 4.69) is 92.7 Å². The van der Waals surface area contributed by atoms with Crippen LogP contribution in [0, 0.1) is 0 Å². The summed E-state index contributed by atoms with van der Waals surface area (Å²) in [6.45, 7) is 4.74. The first-order valence-electron chi connectivity index (χ1n) is 15.9. The van der Waals surface area contributed by atoms with Crippen molar-refractivity contribution in [2.75, 3.05) is 0 Å². The number of benzene rings is 6. The molecule has 0 N–H and O–H groups in total. The second-order valence-electron chi connectivity index (χ2n) is 12.8. The number of aromatic nitrogens is 3. The van der Waals surface area contributed by atoms with E-state index in [0.29, 0.717) is 17.5 Å². The van der Waals surface area contributed by atoms with E-state index in [1.165, 1.54) is 55.6 Å². The number of hydrogen-bond donors (Lipinski definition) is 0. The first kappa shape index (κ1) is 26.7. The Labute approximate surface area is 269 Å². The van der Waals surface area contributed by atoms with Crippen LogP contribution < -0.4 is 0 Å². The molecule has 7 aromatic rings. The van der Waals surface area contributed by atoms with Crippen LogP contribution >= 0.6 is 0 Å². The third kappa shape index (κ3) is 4.09. The monoisotopic (exact) mass is 589 g/mol. The second kappa shape index (κ2) is 10.2. The molecule has 218 valence electrons. The van der Waals surface area contributed by atoms with Gasteiger partial charge >= 0.3 is 0 Å². The van der Waals surface area contributed by atoms with Gasteiger partial charge in [0, 0.05) is 22.1 Å². The first-order chi connectivity index (χ1) is 22.6. The Balaban J connectivity index is 1.18. The van der Waals surface area contributed by atoms with Crippen molar-refractivity contribution in [3.05, 3.63) is 162 Å². The molecule has 0 fully saturated rings. The smallest absolute Gasteiger partial charge is 0.164 e. The predicted molar refractivity (Wildman–Crippen MR) is 187 cm³/mol. The van der Waals surface area contributed by atoms with Gasteiger partial charge in [0.2, 0.25) is 0 Å². The van der Waals surface area contributed by atoms with Crippen LogP contribution in [0.3, 0.4) is 0 Å². The molecule has 46 heavy (non-hydrogen) atoms. The maximum atomic E-state index is 4.95. The van der Waals surface area contributed by atoms with Gasteiger partial charge in [-0.15, -0.1) is 0 Å². The summed E-state index contributed by atoms with van der Waals surface area (Å²) in [4.78, 5) is 14.8. The molecule has 6 aromatic carbocycles. The maximum absolute atomic E-state index is 4.95. The summed E-state index contributed by atoms with van der Waals surface area (Å²) in [5.74, 6) is 2.00. The Morgan fingerprint density at radius 2 is 0.913 bits per heavy atom. The van der Waals surface area contributed by atoms with E-state index in [-0.39, 0.29) is 5.41 Å². The zero-order chi connectivity index (χ0) is 30.8. The lowest BCUT2D eigenvalue weighted by Gasteiger charge is -2.22. The molecule has 0 atom stereocenters. The van der Waals surface area contributed by atoms with Crippen molar-refractivity contribution in [1.82, 2.24) is 15.0 Å². The Morgan fingerprint density at radius 3 is 1.57 bits per heavy atom. The molecule has 0 saturated carbocycles. The molecule has 0 radical (unpaired) electrons. The summed E-state index contributed by atoms with van der Waals surface area (Å²) in [6.07, 6.45) is 0.993. The fraction of sp³-hybridized carbons (Fsp3) is 0.0930. The van der Waals surface area contributed by atoms with Crippen LogP contribution in [0.25, 0.3) is 67.5 Å². The van der Waals surface area contributed by atoms with Crippen molar-refractivity contribution >= 4 is 0 Å². The second-order valence-corrected chi connectivity index (χ2v) is 12.8. The topological polar surface area (TPSA) is 38.7 Å². The number of fused-ring (bicyclic) bond motifs is 7. The molecule has 1 heterocycles. The lowest BCUT2D eigenvalue weighted by Crippen LogP contribution is -2.15. The Morgan fingerprint density at radius 1 is 0.391 bits per heavy atom. The fourth-order valence-corrected chi connectivity index (χ4v) is 7.47. The van der Waals surface area contributed by atoms with Crippen LogP contribution in [0.15, 0.2) is 140 Å². The minimum Gasteiger partial charge on any atom is -0.208 e. The van der Waals surface area contributed by atoms with Gasteiger partial charge in [0.1, 0.15) is 0 Å². The van der Waals surface area contributed by atoms with Crippen LogP contribution in [-0.2, 0) is 11.8 Å². The van der Waals surface area contributed by atoms with Crippen LogP contribution in [0.1, 0.15) is 36.1 Å². The minimum atomic E-state index is -0.0836. The predicted octanol–water partition coefficient (Wildman–Crippen LogP) is 10.4. The average Bonchev–Trinajstić information content (AvgIpc) is 3.61. The van der Waals surface area contributed by atoms with E-state index in [1.807, 2.05) is 60.7 Å². The summed E-state index contributed by atoms with van der Waals surface area (Å²) >= 11 is 0. The Hall–Kier alpha value is -5.67. The van der Waals surface area contributed by atoms with Gasteiger partial charge in [0.25, 0.3) is 0 Å². The fourth-order valence-electron chi connectivity index (χ4n) is 7.47. The van der Waals surface area contributed by atoms with E-state index in [4.69, 9.17) is 15.0 Å². The highest BCUT2D eigenvalue weighted by molar-refractivity contribution is 6.02. The average molecular weight is 590 g/mol. The van der Waals surface area contributed by atoms with E-state index in [9.17, 15) is 0 Å². The third-order valence-electron chi connectivity index (χ3n) is 9.77. The lowest BCUT2D eigenvalue weighted by atomic mass is 9.81. The van der Waals surface area contributed by atoms with Crippen LogP contribution in [0.5, 0.6) is 0 Å². The van der Waals surface area contributed by atoms with E-state index in [0.717, 1.165) is 23.1 Å². The van der Waals surface area contributed by atoms with E-state index >= 15 is 0 Å². The molecule has 9 rings (SSSR count). The summed E-state index contributed by atoms with van der Waals surface area (Å²) in [5, 5.41) is 0. The van der Waals surface area contributed by atoms with Crippen molar-refractivity contribution < 1.29 is 0 Å². The highest BCUT2D eigenvalue weighted by Crippen LogP contribution is 2.57. The van der Waals surface area contributed by atoms with E-state index < -0.39 is 0 Å². The summed E-state index contributed by atoms with van der Waals surface area (Å²) in [7, 11) is 0. The first-order valence-corrected chi connectivity index (χ1v) is 15.9. The summed E-state index contributed by atoms with van der Waals surface area (Å²) < 4.78 is 0. The molecule has 0 saturated heterocycles. The summed E-state index contributed by atoms with van der Waals surface area (Å²) in [5.41, 5.74) is 16.5. The largest absolute Gasteiger partial charge is 0.208 e. The van der Waals surface area contributed by atoms with Crippen LogP contribution in [0.4, 0.5) is 0 Å². The number of hydrogen-bond acceptors (Lipinski definition) is 3. The standard InChI is InChI=1S/C43H31N3/c1-43(2)35-19-11-18-33(38(35)39-36(43)25-24-32-26-31-16-9-10-17-34(31)37(32)39)27-20-22-30(23-21-27)42-45-40(28-12-5-3-6-13-28)44-41(46-42)29-14-7-4-8-15-29/h3-25H,26H2,1-2H3. The number of nitrogens with zero attached hydrogens (tertiary/aromatic N) is 3. The molecule has 0 spiro atoms. The van der Waals surface area contributed by atoms with Gasteiger partial charge in [-0.3, -0.25) is 0 Å². The quantitative estimate of drug-likeness (QED) is 0.205. The van der Waals surface area contributed by atoms with Gasteiger partial charge < -0.3 is 0 Å². The van der Waals surface area contributed by atoms with Gasteiger partial charge in [-0.25, -0.2) is 15.0 Å². The molecule has 0 bridgehead atoms. The SMILES string of the molecule is CC1(C)c2cccc(-c3ccc(-c4nc(-c5ccccc5)nc(-c5ccccc5)n4)cc3)c2-c2c1ccc1c2-c2ccccc2C1. The van der Waals surface area contributed by atoms with Crippen LogP contribution in [-0.4, -0.2) is 15.0 Å². The van der Waals surface area contributed by atoms with Crippen molar-refractivity contribution in [1.29, 1.82) is 0 Å². The van der Waals surface area contributed by atoms with Crippen molar-refractivity contribution in [2.45, 2.75) is 25.7 Å². The van der Waals surface area contributed by atoms with E-state index in [1.54, 1.807) is 0 Å². The minimum absolute atomic E-state index is 0.0836. The van der Waals surface area contributed by atoms with Crippen molar-refractivity contribution in [3.8, 4) is 67.5 Å². The third-order valence-corrected chi connectivity index (χ3v) is 9.77. The molecule has 0 amide bonds. The van der Waals surface area contributed by atoms with Gasteiger partial charge in [-0.2, -0.15) is 0 Å². The zero-order valence-electron chi connectivity index (χ0n) is 25.8. The summed E-state index contributed by atoms with van der Waals surface area (Å²) in [6, 6.07) is 49.5. The number of rotatable bonds is 4. The molecule has 1 aromatic heterocycles. The molecule has 3 heteroatoms. The Kier molecular flexibility index (Phi) is 5.91. The van der Waals surface area contributed by atoms with Gasteiger partial charge in [0.15, 0.2) is 17.5 Å². The van der Waals surface area contributed by atoms with Gasteiger partial charge in [-0.1, -0.05) is 153 Å². The molecule has 0 aliphatic heterocycles. The lowest BCUT2D eigenvalue weighted by molar-refractivity contribution is 0.660. The molecule has 2 aliphatic rings.